The van der Waals surface area contributed by atoms with Crippen molar-refractivity contribution in [2.24, 2.45) is 0 Å². The van der Waals surface area contributed by atoms with Gasteiger partial charge < -0.3 is 19.7 Å². The third kappa shape index (κ3) is 3.70. The maximum Gasteiger partial charge on any atom is 0.282 e. The molecule has 25 heavy (non-hydrogen) atoms. The van der Waals surface area contributed by atoms with Gasteiger partial charge in [0.15, 0.2) is 6.54 Å². The Morgan fingerprint density at radius 1 is 1.12 bits per heavy atom. The van der Waals surface area contributed by atoms with E-state index in [-0.39, 0.29) is 24.4 Å². The largest absolute Gasteiger partial charge is 0.632 e. The minimum absolute atomic E-state index is 0.0128. The lowest BCUT2D eigenvalue weighted by molar-refractivity contribution is -0.871. The molecule has 2 aliphatic heterocycles. The van der Waals surface area contributed by atoms with E-state index in [4.69, 9.17) is 0 Å². The van der Waals surface area contributed by atoms with E-state index in [0.29, 0.717) is 19.6 Å². The van der Waals surface area contributed by atoms with Crippen molar-refractivity contribution in [1.82, 2.24) is 0 Å². The molecule has 0 aromatic heterocycles. The van der Waals surface area contributed by atoms with Crippen LogP contribution in [0.5, 0.6) is 0 Å². The molecule has 0 radical (unpaired) electrons. The summed E-state index contributed by atoms with van der Waals surface area (Å²) >= 11 is 0. The number of hydrogen-bond donors (Lipinski definition) is 0. The van der Waals surface area contributed by atoms with Crippen molar-refractivity contribution in [1.29, 1.82) is 0 Å². The third-order valence-corrected chi connectivity index (χ3v) is 5.26. The number of quaternary nitrogens is 1. The fraction of sp³-hybridized carbons (Fsp3) is 0.579. The standard InChI is InChI=1S/C19H27N3O3/c1-15-13-20(17-9-5-6-10-18(17)21(15)16(2)23)19(24)14-22(25)11-7-3-4-8-12-22/h5-6,9-10,15H,3-4,7-8,11-14H2,1-2H3/t15-/m0/s1. The smallest absolute Gasteiger partial charge is 0.282 e. The van der Waals surface area contributed by atoms with Gasteiger partial charge in [0.25, 0.3) is 5.91 Å². The summed E-state index contributed by atoms with van der Waals surface area (Å²) in [6.07, 6.45) is 3.94. The van der Waals surface area contributed by atoms with Gasteiger partial charge in [-0.2, -0.15) is 0 Å². The summed E-state index contributed by atoms with van der Waals surface area (Å²) in [4.78, 5) is 28.4. The zero-order chi connectivity index (χ0) is 18.0. The molecule has 3 rings (SSSR count). The second kappa shape index (κ2) is 7.14. The fourth-order valence-corrected chi connectivity index (χ4v) is 4.05. The highest BCUT2D eigenvalue weighted by molar-refractivity contribution is 6.04. The molecule has 2 heterocycles. The van der Waals surface area contributed by atoms with Gasteiger partial charge in [-0.15, -0.1) is 0 Å². The van der Waals surface area contributed by atoms with Crippen molar-refractivity contribution in [3.8, 4) is 0 Å². The van der Waals surface area contributed by atoms with Crippen LogP contribution in [0.25, 0.3) is 0 Å². The van der Waals surface area contributed by atoms with Gasteiger partial charge >= 0.3 is 0 Å². The van der Waals surface area contributed by atoms with Gasteiger partial charge in [-0.1, -0.05) is 12.1 Å². The number of nitrogens with zero attached hydrogens (tertiary/aromatic N) is 3. The van der Waals surface area contributed by atoms with E-state index in [0.717, 1.165) is 37.1 Å². The first kappa shape index (κ1) is 17.9. The predicted octanol–water partition coefficient (Wildman–Crippen LogP) is 2.66. The molecule has 0 spiro atoms. The van der Waals surface area contributed by atoms with Crippen LogP contribution >= 0.6 is 0 Å². The molecule has 1 fully saturated rings. The van der Waals surface area contributed by atoms with E-state index in [1.165, 1.54) is 0 Å². The number of fused-ring (bicyclic) bond motifs is 1. The first-order chi connectivity index (χ1) is 11.9. The second-order valence-electron chi connectivity index (χ2n) is 7.31. The molecule has 6 heteroatoms. The summed E-state index contributed by atoms with van der Waals surface area (Å²) in [5.74, 6) is -0.175. The van der Waals surface area contributed by atoms with Crippen LogP contribution in [0.15, 0.2) is 24.3 Å². The van der Waals surface area contributed by atoms with E-state index in [1.54, 1.807) is 16.7 Å². The zero-order valence-corrected chi connectivity index (χ0v) is 15.1. The molecule has 0 aliphatic carbocycles. The minimum atomic E-state index is -0.414. The molecule has 1 saturated heterocycles. The first-order valence-corrected chi connectivity index (χ1v) is 9.17. The number of para-hydroxylation sites is 2. The molecule has 0 saturated carbocycles. The number of benzene rings is 1. The molecule has 0 N–H and O–H groups in total. The number of anilines is 2. The molecule has 2 amide bonds. The van der Waals surface area contributed by atoms with E-state index >= 15 is 0 Å². The van der Waals surface area contributed by atoms with Crippen LogP contribution in [0, 0.1) is 5.21 Å². The Morgan fingerprint density at radius 3 is 2.32 bits per heavy atom. The molecule has 0 bridgehead atoms. The van der Waals surface area contributed by atoms with Crippen LogP contribution < -0.4 is 9.80 Å². The molecule has 1 atom stereocenters. The molecule has 1 aromatic carbocycles. The first-order valence-electron chi connectivity index (χ1n) is 9.17. The lowest BCUT2D eigenvalue weighted by Gasteiger charge is -2.45. The summed E-state index contributed by atoms with van der Waals surface area (Å²) in [6, 6.07) is 7.33. The van der Waals surface area contributed by atoms with Gasteiger partial charge in [0.2, 0.25) is 5.91 Å². The SMILES string of the molecule is CC(=O)N1c2ccccc2N(C(=O)C[N+]2([O-])CCCCCC2)C[C@@H]1C. The summed E-state index contributed by atoms with van der Waals surface area (Å²) in [7, 11) is 0. The molecule has 0 unspecified atom stereocenters. The number of carbonyl (C=O) groups is 2. The number of amides is 2. The topological polar surface area (TPSA) is 63.7 Å². The van der Waals surface area contributed by atoms with E-state index in [1.807, 2.05) is 31.2 Å². The molecule has 2 aliphatic rings. The molecule has 1 aromatic rings. The fourth-order valence-electron chi connectivity index (χ4n) is 4.05. The van der Waals surface area contributed by atoms with Crippen LogP contribution in [0.2, 0.25) is 0 Å². The Balaban J connectivity index is 1.85. The van der Waals surface area contributed by atoms with Gasteiger partial charge in [0, 0.05) is 13.5 Å². The Hall–Kier alpha value is -1.92. The normalized spacial score (nSPS) is 22.9. The van der Waals surface area contributed by atoms with Crippen LogP contribution in [0.1, 0.15) is 39.5 Å². The Bertz CT molecular complexity index is 653. The number of rotatable bonds is 2. The second-order valence-corrected chi connectivity index (χ2v) is 7.31. The van der Waals surface area contributed by atoms with Gasteiger partial charge in [0.05, 0.1) is 30.5 Å². The van der Waals surface area contributed by atoms with Crippen molar-refractivity contribution in [2.45, 2.75) is 45.6 Å². The maximum absolute atomic E-state index is 13.0. The number of hydroxylamine groups is 3. The lowest BCUT2D eigenvalue weighted by atomic mass is 10.1. The van der Waals surface area contributed by atoms with Gasteiger partial charge in [0.1, 0.15) is 0 Å². The summed E-state index contributed by atoms with van der Waals surface area (Å²) in [6.45, 7) is 4.94. The third-order valence-electron chi connectivity index (χ3n) is 5.26. The molecule has 6 nitrogen and oxygen atoms in total. The average molecular weight is 345 g/mol. The zero-order valence-electron chi connectivity index (χ0n) is 15.1. The summed E-state index contributed by atoms with van der Waals surface area (Å²) in [5.41, 5.74) is 1.47. The number of carbonyl (C=O) groups excluding carboxylic acids is 2. The van der Waals surface area contributed by atoms with Crippen molar-refractivity contribution in [2.75, 3.05) is 36.0 Å². The minimum Gasteiger partial charge on any atom is -0.632 e. The van der Waals surface area contributed by atoms with Crippen LogP contribution in [0.4, 0.5) is 11.4 Å². The van der Waals surface area contributed by atoms with E-state index in [9.17, 15) is 14.8 Å². The van der Waals surface area contributed by atoms with Crippen molar-refractivity contribution in [3.63, 3.8) is 0 Å². The Morgan fingerprint density at radius 2 is 1.72 bits per heavy atom. The van der Waals surface area contributed by atoms with Gasteiger partial charge in [-0.05, 0) is 44.7 Å². The van der Waals surface area contributed by atoms with Crippen molar-refractivity contribution < 1.29 is 14.2 Å². The van der Waals surface area contributed by atoms with Crippen LogP contribution in [0.3, 0.4) is 0 Å². The van der Waals surface area contributed by atoms with E-state index < -0.39 is 4.65 Å². The highest BCUT2D eigenvalue weighted by Crippen LogP contribution is 2.35. The van der Waals surface area contributed by atoms with Gasteiger partial charge in [-0.25, -0.2) is 0 Å². The lowest BCUT2D eigenvalue weighted by Crippen LogP contribution is -2.56. The molecule has 136 valence electrons. The molecular formula is C19H27N3O3. The number of likely N-dealkylation sites (tertiary alicyclic amines) is 1. The van der Waals surface area contributed by atoms with Crippen molar-refractivity contribution in [3.05, 3.63) is 29.5 Å². The quantitative estimate of drug-likeness (QED) is 0.611. The van der Waals surface area contributed by atoms with Crippen LogP contribution in [-0.2, 0) is 9.59 Å². The molecular weight excluding hydrogens is 318 g/mol. The van der Waals surface area contributed by atoms with E-state index in [2.05, 4.69) is 0 Å². The van der Waals surface area contributed by atoms with Gasteiger partial charge in [-0.3, -0.25) is 9.59 Å². The number of hydrogen-bond acceptors (Lipinski definition) is 3. The average Bonchev–Trinajstić information content (AvgIpc) is 2.78. The Labute approximate surface area is 149 Å². The summed E-state index contributed by atoms with van der Waals surface area (Å²) < 4.78 is -0.414. The Kier molecular flexibility index (Phi) is 5.11. The monoisotopic (exact) mass is 345 g/mol. The maximum atomic E-state index is 13.0. The summed E-state index contributed by atoms with van der Waals surface area (Å²) in [5, 5.41) is 13.0. The highest BCUT2D eigenvalue weighted by Gasteiger charge is 2.35. The van der Waals surface area contributed by atoms with Crippen LogP contribution in [-0.4, -0.2) is 48.7 Å². The highest BCUT2D eigenvalue weighted by atomic mass is 16.5. The predicted molar refractivity (Wildman–Crippen MR) is 98.1 cm³/mol. The van der Waals surface area contributed by atoms with Crippen molar-refractivity contribution >= 4 is 23.2 Å².